The van der Waals surface area contributed by atoms with Gasteiger partial charge in [0, 0.05) is 23.1 Å². The highest BCUT2D eigenvalue weighted by atomic mass is 14.7. The maximum Gasteiger partial charge on any atom is 0.0755 e. The Balaban J connectivity index is 1.29. The number of benzene rings is 7. The third-order valence-electron chi connectivity index (χ3n) is 11.6. The summed E-state index contributed by atoms with van der Waals surface area (Å²) in [5, 5.41) is 5.15. The summed E-state index contributed by atoms with van der Waals surface area (Å²) in [6.07, 6.45) is 10.8. The van der Waals surface area contributed by atoms with Crippen LogP contribution in [0.5, 0.6) is 0 Å². The summed E-state index contributed by atoms with van der Waals surface area (Å²) in [7, 11) is 0. The molecule has 0 radical (unpaired) electrons. The molecule has 0 atom stereocenters. The minimum absolute atomic E-state index is 0.209. The first-order chi connectivity index (χ1) is 26.6. The Morgan fingerprint density at radius 1 is 0.519 bits per heavy atom. The molecule has 1 heterocycles. The minimum Gasteiger partial charge on any atom is -0.252 e. The van der Waals surface area contributed by atoms with E-state index < -0.39 is 0 Å². The molecule has 54 heavy (non-hydrogen) atoms. The van der Waals surface area contributed by atoms with E-state index in [1.807, 2.05) is 12.2 Å². The number of fused-ring (bicyclic) bond motifs is 7. The molecule has 0 bridgehead atoms. The first-order valence-corrected chi connectivity index (χ1v) is 18.9. The van der Waals surface area contributed by atoms with Crippen LogP contribution in [0.15, 0.2) is 183 Å². The van der Waals surface area contributed by atoms with Gasteiger partial charge in [-0.15, -0.1) is 0 Å². The van der Waals surface area contributed by atoms with Crippen LogP contribution in [0.4, 0.5) is 0 Å². The average molecular weight is 690 g/mol. The van der Waals surface area contributed by atoms with Crippen LogP contribution in [0.2, 0.25) is 0 Å². The molecule has 2 aliphatic carbocycles. The fourth-order valence-electron chi connectivity index (χ4n) is 9.37. The van der Waals surface area contributed by atoms with Gasteiger partial charge in [0.05, 0.1) is 5.69 Å². The van der Waals surface area contributed by atoms with Crippen LogP contribution in [0.3, 0.4) is 0 Å². The number of pyridine rings is 1. The van der Waals surface area contributed by atoms with E-state index in [2.05, 4.69) is 178 Å². The summed E-state index contributed by atoms with van der Waals surface area (Å²) in [6, 6.07) is 53.9. The van der Waals surface area contributed by atoms with Gasteiger partial charge in [0.25, 0.3) is 0 Å². The van der Waals surface area contributed by atoms with Gasteiger partial charge in [-0.25, -0.2) is 0 Å². The lowest BCUT2D eigenvalue weighted by Crippen LogP contribution is -2.17. The topological polar surface area (TPSA) is 12.9 Å². The number of hydrogen-bond acceptors (Lipinski definition) is 1. The maximum atomic E-state index is 5.38. The highest BCUT2D eigenvalue weighted by Crippen LogP contribution is 2.59. The number of rotatable bonds is 7. The Morgan fingerprint density at radius 2 is 1.09 bits per heavy atom. The van der Waals surface area contributed by atoms with Gasteiger partial charge in [-0.1, -0.05) is 190 Å². The van der Waals surface area contributed by atoms with E-state index in [1.165, 1.54) is 93.9 Å². The Morgan fingerprint density at radius 3 is 1.78 bits per heavy atom. The normalized spacial score (nSPS) is 13.5. The summed E-state index contributed by atoms with van der Waals surface area (Å²) < 4.78 is 0. The molecule has 0 saturated heterocycles. The van der Waals surface area contributed by atoms with Crippen LogP contribution in [0, 0.1) is 0 Å². The van der Waals surface area contributed by atoms with E-state index in [1.54, 1.807) is 6.08 Å². The highest BCUT2D eigenvalue weighted by molar-refractivity contribution is 6.28. The lowest BCUT2D eigenvalue weighted by molar-refractivity contribution is 0.660. The second-order valence-electron chi connectivity index (χ2n) is 15.0. The molecule has 0 spiro atoms. The van der Waals surface area contributed by atoms with Crippen molar-refractivity contribution in [2.75, 3.05) is 0 Å². The Hall–Kier alpha value is -6.57. The second kappa shape index (κ2) is 12.5. The second-order valence-corrected chi connectivity index (χ2v) is 15.0. The summed E-state index contributed by atoms with van der Waals surface area (Å²) in [5.74, 6) is 0. The van der Waals surface area contributed by atoms with E-state index in [0.29, 0.717) is 0 Å². The van der Waals surface area contributed by atoms with Crippen molar-refractivity contribution in [1.82, 2.24) is 4.98 Å². The van der Waals surface area contributed by atoms with E-state index in [0.717, 1.165) is 17.8 Å². The molecular weight excluding hydrogens is 651 g/mol. The van der Waals surface area contributed by atoms with E-state index >= 15 is 0 Å². The lowest BCUT2D eigenvalue weighted by atomic mass is 9.78. The monoisotopic (exact) mass is 689 g/mol. The van der Waals surface area contributed by atoms with E-state index in [-0.39, 0.29) is 5.41 Å². The molecule has 0 saturated carbocycles. The van der Waals surface area contributed by atoms with Crippen LogP contribution in [0.25, 0.3) is 88.4 Å². The van der Waals surface area contributed by atoms with Crippen molar-refractivity contribution in [2.24, 2.45) is 0 Å². The predicted molar refractivity (Wildman–Crippen MR) is 230 cm³/mol. The molecule has 2 aliphatic rings. The van der Waals surface area contributed by atoms with Gasteiger partial charge in [0.1, 0.15) is 0 Å². The minimum atomic E-state index is -0.209. The van der Waals surface area contributed by atoms with Crippen molar-refractivity contribution >= 4 is 21.5 Å². The molecule has 10 rings (SSSR count). The molecule has 256 valence electrons. The van der Waals surface area contributed by atoms with E-state index in [4.69, 9.17) is 4.98 Å². The maximum absolute atomic E-state index is 5.38. The number of allylic oxidation sites excluding steroid dienone is 5. The summed E-state index contributed by atoms with van der Waals surface area (Å²) in [5.41, 5.74) is 18.7. The standard InChI is InChI=1S/C53H39N/c1-4-5-6-7-14-24-36-33-44(51-52(54-36)41-27-17-18-30-45(41)53(51,2)3)37-31-32-43-48-38(37)28-19-29-42(48)49-46(34-20-10-8-11-21-34)39-25-15-16-26-40(39)47(50(43)49)35-22-12-9-13-23-35/h4-23,25-33H,1,24H2,2-3H3/b6-5-,14-7-. The molecule has 0 aliphatic heterocycles. The molecule has 0 amide bonds. The fourth-order valence-corrected chi connectivity index (χ4v) is 9.37. The SMILES string of the molecule is C=C/C=C\C=C/Cc1cc(-c2ccc3c4c(cccc24)-c2c-3c(-c3ccccc3)c3ccccc3c2-c2ccccc2)c2c(n1)-c1ccccc1C2(C)C. The Kier molecular flexibility index (Phi) is 7.45. The zero-order chi connectivity index (χ0) is 36.4. The molecule has 1 aromatic heterocycles. The lowest BCUT2D eigenvalue weighted by Gasteiger charge is -2.25. The van der Waals surface area contributed by atoms with Crippen molar-refractivity contribution < 1.29 is 0 Å². The van der Waals surface area contributed by atoms with Crippen LogP contribution < -0.4 is 0 Å². The van der Waals surface area contributed by atoms with Crippen LogP contribution in [-0.2, 0) is 11.8 Å². The van der Waals surface area contributed by atoms with Gasteiger partial charge in [-0.05, 0) is 94.4 Å². The van der Waals surface area contributed by atoms with Crippen molar-refractivity contribution in [3.8, 4) is 66.9 Å². The number of nitrogens with zero attached hydrogens (tertiary/aromatic N) is 1. The van der Waals surface area contributed by atoms with Gasteiger partial charge in [-0.3, -0.25) is 4.98 Å². The van der Waals surface area contributed by atoms with Crippen molar-refractivity contribution in [3.05, 3.63) is 199 Å². The highest BCUT2D eigenvalue weighted by Gasteiger charge is 2.40. The fraction of sp³-hybridized carbons (Fsp3) is 0.0755. The predicted octanol–water partition coefficient (Wildman–Crippen LogP) is 14.2. The van der Waals surface area contributed by atoms with Crippen LogP contribution >= 0.6 is 0 Å². The first kappa shape index (κ1) is 32.1. The molecule has 1 nitrogen and oxygen atoms in total. The summed E-state index contributed by atoms with van der Waals surface area (Å²) in [4.78, 5) is 5.38. The molecular formula is C53H39N. The summed E-state index contributed by atoms with van der Waals surface area (Å²) >= 11 is 0. The molecule has 8 aromatic rings. The van der Waals surface area contributed by atoms with Crippen molar-refractivity contribution in [3.63, 3.8) is 0 Å². The largest absolute Gasteiger partial charge is 0.252 e. The average Bonchev–Trinajstić information content (AvgIpc) is 3.66. The third kappa shape index (κ3) is 4.75. The first-order valence-electron chi connectivity index (χ1n) is 18.9. The van der Waals surface area contributed by atoms with Gasteiger partial charge in [0.2, 0.25) is 0 Å². The van der Waals surface area contributed by atoms with Gasteiger partial charge < -0.3 is 0 Å². The van der Waals surface area contributed by atoms with Gasteiger partial charge >= 0.3 is 0 Å². The zero-order valence-electron chi connectivity index (χ0n) is 30.6. The van der Waals surface area contributed by atoms with Crippen LogP contribution in [0.1, 0.15) is 30.7 Å². The third-order valence-corrected chi connectivity index (χ3v) is 11.6. The molecule has 0 N–H and O–H groups in total. The smallest absolute Gasteiger partial charge is 0.0755 e. The molecule has 0 fully saturated rings. The Labute approximate surface area is 317 Å². The van der Waals surface area contributed by atoms with E-state index in [9.17, 15) is 0 Å². The zero-order valence-corrected chi connectivity index (χ0v) is 30.6. The van der Waals surface area contributed by atoms with Crippen LogP contribution in [-0.4, -0.2) is 4.98 Å². The summed E-state index contributed by atoms with van der Waals surface area (Å²) in [6.45, 7) is 8.54. The van der Waals surface area contributed by atoms with Gasteiger partial charge in [0.15, 0.2) is 0 Å². The van der Waals surface area contributed by atoms with Gasteiger partial charge in [-0.2, -0.15) is 0 Å². The van der Waals surface area contributed by atoms with Crippen molar-refractivity contribution in [2.45, 2.75) is 25.7 Å². The molecule has 7 aromatic carbocycles. The van der Waals surface area contributed by atoms with Crippen molar-refractivity contribution in [1.29, 1.82) is 0 Å². The quantitative estimate of drug-likeness (QED) is 0.152. The number of hydrogen-bond donors (Lipinski definition) is 0. The number of aromatic nitrogens is 1. The molecule has 0 unspecified atom stereocenters. The molecule has 1 heteroatoms. The Bertz CT molecular complexity index is 2780.